The van der Waals surface area contributed by atoms with Crippen LogP contribution in [0.2, 0.25) is 0 Å². The Morgan fingerprint density at radius 1 is 1.11 bits per heavy atom. The van der Waals surface area contributed by atoms with Crippen molar-refractivity contribution < 1.29 is 0 Å². The fourth-order valence-electron chi connectivity index (χ4n) is 2.96. The van der Waals surface area contributed by atoms with Gasteiger partial charge in [-0.25, -0.2) is 0 Å². The Balaban J connectivity index is 1.88. The summed E-state index contributed by atoms with van der Waals surface area (Å²) in [5.74, 6) is 0. The minimum atomic E-state index is 0.428. The molecule has 2 rings (SSSR count). The molecule has 0 bridgehead atoms. The molecule has 1 aromatic carbocycles. The zero-order valence-corrected chi connectivity index (χ0v) is 12.9. The molecule has 0 amide bonds. The van der Waals surface area contributed by atoms with Crippen molar-refractivity contribution in [3.63, 3.8) is 0 Å². The molecule has 0 saturated carbocycles. The summed E-state index contributed by atoms with van der Waals surface area (Å²) in [6.07, 6.45) is 2.75. The summed E-state index contributed by atoms with van der Waals surface area (Å²) in [4.78, 5) is 2.57. The third-order valence-electron chi connectivity index (χ3n) is 4.30. The van der Waals surface area contributed by atoms with Crippen molar-refractivity contribution in [1.82, 2.24) is 10.2 Å². The SMILES string of the molecule is Cc1ccc(C(C)NC(C)CN2CCCC2)cc1C. The van der Waals surface area contributed by atoms with Gasteiger partial charge in [0.15, 0.2) is 0 Å². The van der Waals surface area contributed by atoms with Crippen molar-refractivity contribution in [2.24, 2.45) is 0 Å². The first kappa shape index (κ1) is 14.5. The Hall–Kier alpha value is -0.860. The van der Waals surface area contributed by atoms with E-state index in [9.17, 15) is 0 Å². The monoisotopic (exact) mass is 260 g/mol. The molecule has 1 aliphatic heterocycles. The van der Waals surface area contributed by atoms with Gasteiger partial charge < -0.3 is 10.2 Å². The Labute approximate surface area is 118 Å². The van der Waals surface area contributed by atoms with Gasteiger partial charge in [0.25, 0.3) is 0 Å². The zero-order chi connectivity index (χ0) is 13.8. The van der Waals surface area contributed by atoms with Crippen LogP contribution in [0, 0.1) is 13.8 Å². The van der Waals surface area contributed by atoms with Crippen LogP contribution in [-0.2, 0) is 0 Å². The summed E-state index contributed by atoms with van der Waals surface area (Å²) < 4.78 is 0. The van der Waals surface area contributed by atoms with E-state index in [0.29, 0.717) is 12.1 Å². The molecular weight excluding hydrogens is 232 g/mol. The van der Waals surface area contributed by atoms with E-state index in [1.54, 1.807) is 0 Å². The molecule has 2 atom stereocenters. The topological polar surface area (TPSA) is 15.3 Å². The number of likely N-dealkylation sites (tertiary alicyclic amines) is 1. The van der Waals surface area contributed by atoms with Crippen LogP contribution < -0.4 is 5.32 Å². The highest BCUT2D eigenvalue weighted by Crippen LogP contribution is 2.17. The Bertz CT molecular complexity index is 408. The highest BCUT2D eigenvalue weighted by Gasteiger charge is 2.16. The van der Waals surface area contributed by atoms with Crippen molar-refractivity contribution in [1.29, 1.82) is 0 Å². The van der Waals surface area contributed by atoms with Gasteiger partial charge in [0.1, 0.15) is 0 Å². The first-order valence-electron chi connectivity index (χ1n) is 7.62. The average molecular weight is 260 g/mol. The maximum atomic E-state index is 3.73. The molecule has 19 heavy (non-hydrogen) atoms. The number of hydrogen-bond acceptors (Lipinski definition) is 2. The van der Waals surface area contributed by atoms with Crippen LogP contribution in [0.1, 0.15) is 49.4 Å². The Morgan fingerprint density at radius 2 is 1.79 bits per heavy atom. The van der Waals surface area contributed by atoms with Crippen molar-refractivity contribution in [2.45, 2.75) is 52.6 Å². The van der Waals surface area contributed by atoms with E-state index < -0.39 is 0 Å². The fraction of sp³-hybridized carbons (Fsp3) is 0.647. The van der Waals surface area contributed by atoms with Crippen LogP contribution in [0.15, 0.2) is 18.2 Å². The highest BCUT2D eigenvalue weighted by molar-refractivity contribution is 5.31. The molecule has 0 aromatic heterocycles. The molecule has 2 unspecified atom stereocenters. The van der Waals surface area contributed by atoms with E-state index in [1.165, 1.54) is 49.2 Å². The molecular formula is C17H28N2. The van der Waals surface area contributed by atoms with Crippen LogP contribution in [0.5, 0.6) is 0 Å². The largest absolute Gasteiger partial charge is 0.306 e. The zero-order valence-electron chi connectivity index (χ0n) is 12.9. The summed E-state index contributed by atoms with van der Waals surface area (Å²) in [5, 5.41) is 3.73. The van der Waals surface area contributed by atoms with Crippen molar-refractivity contribution >= 4 is 0 Å². The van der Waals surface area contributed by atoms with Crippen LogP contribution in [0.4, 0.5) is 0 Å². The molecule has 1 heterocycles. The summed E-state index contributed by atoms with van der Waals surface area (Å²) in [7, 11) is 0. The third kappa shape index (κ3) is 4.05. The van der Waals surface area contributed by atoms with E-state index >= 15 is 0 Å². The summed E-state index contributed by atoms with van der Waals surface area (Å²) in [5.41, 5.74) is 4.16. The summed E-state index contributed by atoms with van der Waals surface area (Å²) >= 11 is 0. The molecule has 1 aromatic rings. The molecule has 0 spiro atoms. The molecule has 2 nitrogen and oxygen atoms in total. The fourth-order valence-corrected chi connectivity index (χ4v) is 2.96. The van der Waals surface area contributed by atoms with Crippen LogP contribution >= 0.6 is 0 Å². The summed E-state index contributed by atoms with van der Waals surface area (Å²) in [6, 6.07) is 7.78. The minimum Gasteiger partial charge on any atom is -0.306 e. The lowest BCUT2D eigenvalue weighted by molar-refractivity contribution is 0.289. The summed E-state index contributed by atoms with van der Waals surface area (Å²) in [6.45, 7) is 12.7. The maximum absolute atomic E-state index is 3.73. The van der Waals surface area contributed by atoms with Crippen LogP contribution in [-0.4, -0.2) is 30.6 Å². The predicted molar refractivity (Wildman–Crippen MR) is 82.6 cm³/mol. The molecule has 2 heteroatoms. The van der Waals surface area contributed by atoms with Crippen molar-refractivity contribution in [3.05, 3.63) is 34.9 Å². The third-order valence-corrected chi connectivity index (χ3v) is 4.30. The molecule has 1 N–H and O–H groups in total. The van der Waals surface area contributed by atoms with Crippen molar-refractivity contribution in [2.75, 3.05) is 19.6 Å². The Kier molecular flexibility index (Phi) is 5.00. The van der Waals surface area contributed by atoms with Gasteiger partial charge in [-0.3, -0.25) is 0 Å². The second-order valence-corrected chi connectivity index (χ2v) is 6.14. The van der Waals surface area contributed by atoms with Gasteiger partial charge in [-0.15, -0.1) is 0 Å². The molecule has 1 saturated heterocycles. The van der Waals surface area contributed by atoms with E-state index in [0.717, 1.165) is 0 Å². The molecule has 1 aliphatic rings. The lowest BCUT2D eigenvalue weighted by Crippen LogP contribution is -2.39. The first-order valence-corrected chi connectivity index (χ1v) is 7.62. The molecule has 106 valence electrons. The Morgan fingerprint density at radius 3 is 2.42 bits per heavy atom. The standard InChI is InChI=1S/C17H28N2/c1-13-7-8-17(11-14(13)2)16(4)18-15(3)12-19-9-5-6-10-19/h7-8,11,15-16,18H,5-6,9-10,12H2,1-4H3. The first-order chi connectivity index (χ1) is 9.06. The number of hydrogen-bond donors (Lipinski definition) is 1. The smallest absolute Gasteiger partial charge is 0.0294 e. The molecule has 0 radical (unpaired) electrons. The van der Waals surface area contributed by atoms with Crippen LogP contribution in [0.3, 0.4) is 0 Å². The number of benzene rings is 1. The van der Waals surface area contributed by atoms with Gasteiger partial charge in [0.2, 0.25) is 0 Å². The van der Waals surface area contributed by atoms with E-state index in [4.69, 9.17) is 0 Å². The van der Waals surface area contributed by atoms with Gasteiger partial charge in [0.05, 0.1) is 0 Å². The number of rotatable bonds is 5. The van der Waals surface area contributed by atoms with E-state index in [1.807, 2.05) is 0 Å². The van der Waals surface area contributed by atoms with Gasteiger partial charge in [0, 0.05) is 18.6 Å². The number of nitrogens with zero attached hydrogens (tertiary/aromatic N) is 1. The minimum absolute atomic E-state index is 0.428. The maximum Gasteiger partial charge on any atom is 0.0294 e. The lowest BCUT2D eigenvalue weighted by atomic mass is 10.0. The van der Waals surface area contributed by atoms with Gasteiger partial charge >= 0.3 is 0 Å². The highest BCUT2D eigenvalue weighted by atomic mass is 15.2. The van der Waals surface area contributed by atoms with E-state index in [-0.39, 0.29) is 0 Å². The van der Waals surface area contributed by atoms with Gasteiger partial charge in [-0.05, 0) is 70.3 Å². The van der Waals surface area contributed by atoms with Gasteiger partial charge in [-0.1, -0.05) is 18.2 Å². The van der Waals surface area contributed by atoms with E-state index in [2.05, 4.69) is 56.1 Å². The second-order valence-electron chi connectivity index (χ2n) is 6.14. The molecule has 1 fully saturated rings. The van der Waals surface area contributed by atoms with Crippen molar-refractivity contribution in [3.8, 4) is 0 Å². The number of nitrogens with one attached hydrogen (secondary N) is 1. The predicted octanol–water partition coefficient (Wildman–Crippen LogP) is 3.44. The van der Waals surface area contributed by atoms with Crippen LogP contribution in [0.25, 0.3) is 0 Å². The normalized spacial score (nSPS) is 19.6. The quantitative estimate of drug-likeness (QED) is 0.872. The lowest BCUT2D eigenvalue weighted by Gasteiger charge is -2.25. The van der Waals surface area contributed by atoms with Gasteiger partial charge in [-0.2, -0.15) is 0 Å². The molecule has 0 aliphatic carbocycles. The number of aryl methyl sites for hydroxylation is 2. The average Bonchev–Trinajstić information content (AvgIpc) is 2.85. The second kappa shape index (κ2) is 6.53.